The first kappa shape index (κ1) is 22.1. The smallest absolute Gasteiger partial charge is 0.410 e. The Kier molecular flexibility index (Phi) is 5.60. The number of likely N-dealkylation sites (tertiary alicyclic amines) is 1. The highest BCUT2D eigenvalue weighted by atomic mass is 16.6. The van der Waals surface area contributed by atoms with Gasteiger partial charge in [0.2, 0.25) is 0 Å². The fourth-order valence-electron chi connectivity index (χ4n) is 4.28. The summed E-state index contributed by atoms with van der Waals surface area (Å²) in [5.74, 6) is 0.670. The maximum Gasteiger partial charge on any atom is 0.410 e. The number of aryl methyl sites for hydroxylation is 1. The first-order valence-electron chi connectivity index (χ1n) is 10.8. The summed E-state index contributed by atoms with van der Waals surface area (Å²) < 4.78 is 16.9. The van der Waals surface area contributed by atoms with Gasteiger partial charge in [0.1, 0.15) is 23.3 Å². The fraction of sp³-hybridized carbons (Fsp3) is 0.565. The zero-order chi connectivity index (χ0) is 23.1. The molecule has 0 bridgehead atoms. The third kappa shape index (κ3) is 4.42. The number of carbonyl (C=O) groups is 2. The van der Waals surface area contributed by atoms with Crippen LogP contribution in [-0.4, -0.2) is 69.9 Å². The predicted octanol–water partition coefficient (Wildman–Crippen LogP) is 3.67. The van der Waals surface area contributed by atoms with Gasteiger partial charge in [-0.1, -0.05) is 0 Å². The van der Waals surface area contributed by atoms with Gasteiger partial charge in [-0.05, 0) is 33.8 Å². The van der Waals surface area contributed by atoms with Crippen LogP contribution in [0.25, 0.3) is 10.9 Å². The number of fused-ring (bicyclic) bond motifs is 1. The van der Waals surface area contributed by atoms with E-state index in [0.29, 0.717) is 44.8 Å². The maximum atomic E-state index is 12.7. The Morgan fingerprint density at radius 1 is 1.22 bits per heavy atom. The molecule has 2 amide bonds. The number of carbonyl (C=O) groups excluding carboxylic acids is 2. The molecule has 1 aromatic heterocycles. The number of methoxy groups -OCH3 is 1. The Morgan fingerprint density at radius 2 is 1.94 bits per heavy atom. The third-order valence-corrected chi connectivity index (χ3v) is 5.97. The molecule has 3 heterocycles. The molecule has 1 spiro atoms. The maximum absolute atomic E-state index is 12.7. The van der Waals surface area contributed by atoms with Gasteiger partial charge in [0.25, 0.3) is 0 Å². The molecule has 4 rings (SSSR count). The summed E-state index contributed by atoms with van der Waals surface area (Å²) >= 11 is 0. The van der Waals surface area contributed by atoms with Crippen molar-refractivity contribution in [2.45, 2.75) is 58.3 Å². The van der Waals surface area contributed by atoms with Crippen LogP contribution < -0.4 is 4.74 Å². The quantitative estimate of drug-likeness (QED) is 0.716. The highest BCUT2D eigenvalue weighted by molar-refractivity contribution is 5.83. The van der Waals surface area contributed by atoms with Crippen LogP contribution in [0, 0.1) is 6.92 Å². The number of rotatable bonds is 3. The molecule has 0 atom stereocenters. The second-order valence-electron chi connectivity index (χ2n) is 9.51. The molecule has 0 unspecified atom stereocenters. The van der Waals surface area contributed by atoms with E-state index in [4.69, 9.17) is 14.2 Å². The van der Waals surface area contributed by atoms with Crippen molar-refractivity contribution in [3.05, 3.63) is 29.7 Å². The summed E-state index contributed by atoms with van der Waals surface area (Å²) in [5.41, 5.74) is 1.42. The molecule has 9 heteroatoms. The van der Waals surface area contributed by atoms with E-state index in [0.717, 1.165) is 22.2 Å². The van der Waals surface area contributed by atoms with E-state index in [9.17, 15) is 9.59 Å². The minimum atomic E-state index is -0.585. The zero-order valence-electron chi connectivity index (χ0n) is 19.3. The number of aromatic nitrogens is 2. The summed E-state index contributed by atoms with van der Waals surface area (Å²) in [7, 11) is 1.61. The monoisotopic (exact) mass is 442 g/mol. The summed E-state index contributed by atoms with van der Waals surface area (Å²) in [4.78, 5) is 37.0. The van der Waals surface area contributed by atoms with E-state index in [1.807, 2.05) is 39.8 Å². The van der Waals surface area contributed by atoms with E-state index >= 15 is 0 Å². The standard InChI is InChI=1S/C23H30N4O5/c1-15-17-10-16(19(30-5)11-18(17)25-14-24-15)12-27-13-23(32-21(27)29)6-8-26(9-7-23)20(28)31-22(2,3)4/h10-11,14H,6-9,12-13H2,1-5H3. The minimum absolute atomic E-state index is 0.327. The highest BCUT2D eigenvalue weighted by Crippen LogP contribution is 2.36. The number of hydrogen-bond donors (Lipinski definition) is 0. The molecule has 172 valence electrons. The molecule has 2 aromatic rings. The van der Waals surface area contributed by atoms with Crippen LogP contribution in [0.2, 0.25) is 0 Å². The van der Waals surface area contributed by atoms with Gasteiger partial charge in [-0.2, -0.15) is 0 Å². The van der Waals surface area contributed by atoms with Gasteiger partial charge in [0.15, 0.2) is 0 Å². The van der Waals surface area contributed by atoms with Crippen LogP contribution >= 0.6 is 0 Å². The molecule has 2 aliphatic heterocycles. The summed E-state index contributed by atoms with van der Waals surface area (Å²) in [6.07, 6.45) is 2.01. The van der Waals surface area contributed by atoms with E-state index < -0.39 is 11.2 Å². The normalized spacial score (nSPS) is 18.2. The Balaban J connectivity index is 1.46. The molecular weight excluding hydrogens is 412 g/mol. The van der Waals surface area contributed by atoms with Crippen LogP contribution in [-0.2, 0) is 16.0 Å². The lowest BCUT2D eigenvalue weighted by Gasteiger charge is -2.37. The molecule has 0 saturated carbocycles. The first-order chi connectivity index (χ1) is 15.1. The van der Waals surface area contributed by atoms with Crippen molar-refractivity contribution in [2.24, 2.45) is 0 Å². The number of nitrogens with zero attached hydrogens (tertiary/aromatic N) is 4. The van der Waals surface area contributed by atoms with Crippen molar-refractivity contribution in [3.63, 3.8) is 0 Å². The lowest BCUT2D eigenvalue weighted by Crippen LogP contribution is -2.49. The van der Waals surface area contributed by atoms with Crippen molar-refractivity contribution >= 4 is 23.1 Å². The van der Waals surface area contributed by atoms with Crippen LogP contribution in [0.4, 0.5) is 9.59 Å². The van der Waals surface area contributed by atoms with Gasteiger partial charge in [0, 0.05) is 48.6 Å². The highest BCUT2D eigenvalue weighted by Gasteiger charge is 2.48. The Morgan fingerprint density at radius 3 is 2.59 bits per heavy atom. The van der Waals surface area contributed by atoms with Crippen molar-refractivity contribution in [2.75, 3.05) is 26.7 Å². The summed E-state index contributed by atoms with van der Waals surface area (Å²) in [6.45, 7) is 9.30. The van der Waals surface area contributed by atoms with Gasteiger partial charge < -0.3 is 19.1 Å². The lowest BCUT2D eigenvalue weighted by molar-refractivity contribution is -0.0170. The van der Waals surface area contributed by atoms with Crippen LogP contribution in [0.1, 0.15) is 44.9 Å². The Bertz CT molecular complexity index is 1040. The fourth-order valence-corrected chi connectivity index (χ4v) is 4.28. The number of amides is 2. The molecule has 1 aromatic carbocycles. The predicted molar refractivity (Wildman–Crippen MR) is 117 cm³/mol. The van der Waals surface area contributed by atoms with Gasteiger partial charge in [-0.15, -0.1) is 0 Å². The van der Waals surface area contributed by atoms with Crippen molar-refractivity contribution in [3.8, 4) is 5.75 Å². The average molecular weight is 443 g/mol. The SMILES string of the molecule is COc1cc2ncnc(C)c2cc1CN1CC2(CCN(C(=O)OC(C)(C)C)CC2)OC1=O. The van der Waals surface area contributed by atoms with E-state index in [1.165, 1.54) is 6.33 Å². The molecule has 32 heavy (non-hydrogen) atoms. The molecule has 9 nitrogen and oxygen atoms in total. The molecule has 2 saturated heterocycles. The second kappa shape index (κ2) is 8.11. The summed E-state index contributed by atoms with van der Waals surface area (Å²) in [6, 6.07) is 3.85. The van der Waals surface area contributed by atoms with E-state index in [-0.39, 0.29) is 12.2 Å². The molecule has 0 N–H and O–H groups in total. The molecular formula is C23H30N4O5. The lowest BCUT2D eigenvalue weighted by atomic mass is 9.91. The Hall–Kier alpha value is -3.10. The van der Waals surface area contributed by atoms with Crippen LogP contribution in [0.15, 0.2) is 18.5 Å². The van der Waals surface area contributed by atoms with Crippen molar-refractivity contribution in [1.82, 2.24) is 19.8 Å². The van der Waals surface area contributed by atoms with Gasteiger partial charge in [-0.3, -0.25) is 4.90 Å². The van der Waals surface area contributed by atoms with Crippen molar-refractivity contribution in [1.29, 1.82) is 0 Å². The van der Waals surface area contributed by atoms with Crippen LogP contribution in [0.5, 0.6) is 5.75 Å². The second-order valence-corrected chi connectivity index (χ2v) is 9.51. The molecule has 0 radical (unpaired) electrons. The van der Waals surface area contributed by atoms with Crippen LogP contribution in [0.3, 0.4) is 0 Å². The number of hydrogen-bond acceptors (Lipinski definition) is 7. The molecule has 2 aliphatic rings. The average Bonchev–Trinajstić information content (AvgIpc) is 3.01. The number of piperidine rings is 1. The van der Waals surface area contributed by atoms with Gasteiger partial charge >= 0.3 is 12.2 Å². The largest absolute Gasteiger partial charge is 0.496 e. The first-order valence-corrected chi connectivity index (χ1v) is 10.8. The number of benzene rings is 1. The van der Waals surface area contributed by atoms with Gasteiger partial charge in [-0.25, -0.2) is 19.6 Å². The minimum Gasteiger partial charge on any atom is -0.496 e. The molecule has 0 aliphatic carbocycles. The summed E-state index contributed by atoms with van der Waals surface area (Å²) in [5, 5.41) is 0.927. The van der Waals surface area contributed by atoms with Gasteiger partial charge in [0.05, 0.1) is 25.7 Å². The van der Waals surface area contributed by atoms with E-state index in [2.05, 4.69) is 9.97 Å². The topological polar surface area (TPSA) is 94.1 Å². The zero-order valence-corrected chi connectivity index (χ0v) is 19.3. The van der Waals surface area contributed by atoms with E-state index in [1.54, 1.807) is 16.9 Å². The molecule has 2 fully saturated rings. The third-order valence-electron chi connectivity index (χ3n) is 5.97. The Labute approximate surface area is 187 Å². The number of ether oxygens (including phenoxy) is 3. The van der Waals surface area contributed by atoms with Crippen molar-refractivity contribution < 1.29 is 23.8 Å².